The van der Waals surface area contributed by atoms with Crippen LogP contribution in [0.2, 0.25) is 0 Å². The summed E-state index contributed by atoms with van der Waals surface area (Å²) in [6.07, 6.45) is 0. The number of nitrogens with zero attached hydrogens (tertiary/aromatic N) is 2. The molecule has 0 atom stereocenters. The molecule has 2 N–H and O–H groups in total. The number of rotatable bonds is 5. The van der Waals surface area contributed by atoms with Crippen molar-refractivity contribution < 1.29 is 9.59 Å². The minimum absolute atomic E-state index is 0.107. The molecule has 1 rings (SSSR count). The molecule has 5 nitrogen and oxygen atoms in total. The fourth-order valence-corrected chi connectivity index (χ4v) is 2.04. The van der Waals surface area contributed by atoms with Crippen LogP contribution < -0.4 is 5.73 Å². The van der Waals surface area contributed by atoms with Crippen molar-refractivity contribution in [3.8, 4) is 0 Å². The van der Waals surface area contributed by atoms with Crippen LogP contribution in [0.3, 0.4) is 0 Å². The molecule has 116 valence electrons. The molecule has 0 saturated carbocycles. The maximum Gasteiger partial charge on any atom is 0.253 e. The summed E-state index contributed by atoms with van der Waals surface area (Å²) in [4.78, 5) is 27.5. The molecule has 0 aliphatic rings. The van der Waals surface area contributed by atoms with Gasteiger partial charge in [0.25, 0.3) is 11.8 Å². The predicted molar refractivity (Wildman–Crippen MR) is 84.3 cm³/mol. The van der Waals surface area contributed by atoms with Gasteiger partial charge in [0.05, 0.1) is 0 Å². The van der Waals surface area contributed by atoms with E-state index in [1.807, 2.05) is 13.8 Å². The van der Waals surface area contributed by atoms with Gasteiger partial charge in [-0.25, -0.2) is 0 Å². The molecule has 2 amide bonds. The maximum atomic E-state index is 12.4. The van der Waals surface area contributed by atoms with E-state index in [1.54, 1.807) is 50.3 Å². The molecule has 0 aliphatic carbocycles. The molecular formula is C16H25N3O2. The van der Waals surface area contributed by atoms with Gasteiger partial charge in [0, 0.05) is 38.8 Å². The van der Waals surface area contributed by atoms with Crippen molar-refractivity contribution in [2.45, 2.75) is 13.8 Å². The fraction of sp³-hybridized carbons (Fsp3) is 0.500. The molecule has 0 heterocycles. The van der Waals surface area contributed by atoms with Gasteiger partial charge in [-0.1, -0.05) is 19.9 Å². The summed E-state index contributed by atoms with van der Waals surface area (Å²) < 4.78 is 0. The van der Waals surface area contributed by atoms with Crippen molar-refractivity contribution >= 4 is 11.8 Å². The quantitative estimate of drug-likeness (QED) is 0.893. The molecule has 0 aromatic heterocycles. The summed E-state index contributed by atoms with van der Waals surface area (Å²) in [6, 6.07) is 6.80. The van der Waals surface area contributed by atoms with Crippen molar-refractivity contribution in [3.05, 3.63) is 35.4 Å². The van der Waals surface area contributed by atoms with Gasteiger partial charge in [0.1, 0.15) is 0 Å². The van der Waals surface area contributed by atoms with Crippen LogP contribution in [0.5, 0.6) is 0 Å². The van der Waals surface area contributed by atoms with E-state index in [0.29, 0.717) is 24.2 Å². The first-order chi connectivity index (χ1) is 9.68. The van der Waals surface area contributed by atoms with Crippen molar-refractivity contribution in [2.75, 3.05) is 34.2 Å². The Morgan fingerprint density at radius 3 is 2.10 bits per heavy atom. The average Bonchev–Trinajstić information content (AvgIpc) is 2.45. The Morgan fingerprint density at radius 1 is 1.10 bits per heavy atom. The Kier molecular flexibility index (Phi) is 5.49. The lowest BCUT2D eigenvalue weighted by Crippen LogP contribution is -2.39. The number of carbonyl (C=O) groups excluding carboxylic acids is 2. The predicted octanol–water partition coefficient (Wildman–Crippen LogP) is 1.45. The largest absolute Gasteiger partial charge is 0.345 e. The van der Waals surface area contributed by atoms with Crippen LogP contribution in [0.15, 0.2) is 24.3 Å². The van der Waals surface area contributed by atoms with E-state index in [4.69, 9.17) is 5.73 Å². The number of hydrogen-bond donors (Lipinski definition) is 1. The monoisotopic (exact) mass is 291 g/mol. The van der Waals surface area contributed by atoms with E-state index >= 15 is 0 Å². The Labute approximate surface area is 126 Å². The van der Waals surface area contributed by atoms with Gasteiger partial charge in [-0.2, -0.15) is 0 Å². The molecule has 5 heteroatoms. The van der Waals surface area contributed by atoms with Crippen molar-refractivity contribution in [1.82, 2.24) is 9.80 Å². The SMILES string of the molecule is CN(C)C(=O)c1cccc(C(=O)N(C)CC(C)(C)CN)c1. The minimum Gasteiger partial charge on any atom is -0.345 e. The molecule has 0 aliphatic heterocycles. The molecule has 0 spiro atoms. The first-order valence-electron chi connectivity index (χ1n) is 6.95. The summed E-state index contributed by atoms with van der Waals surface area (Å²) >= 11 is 0. The zero-order valence-corrected chi connectivity index (χ0v) is 13.5. The zero-order valence-electron chi connectivity index (χ0n) is 13.5. The molecule has 1 aromatic carbocycles. The van der Waals surface area contributed by atoms with Crippen LogP contribution in [-0.4, -0.2) is 55.8 Å². The topological polar surface area (TPSA) is 66.6 Å². The fourth-order valence-electron chi connectivity index (χ4n) is 2.04. The van der Waals surface area contributed by atoms with Crippen LogP contribution >= 0.6 is 0 Å². The number of amides is 2. The number of nitrogens with two attached hydrogens (primary N) is 1. The molecule has 21 heavy (non-hydrogen) atoms. The third-order valence-electron chi connectivity index (χ3n) is 3.33. The molecule has 1 aromatic rings. The highest BCUT2D eigenvalue weighted by Gasteiger charge is 2.22. The van der Waals surface area contributed by atoms with Crippen LogP contribution in [0, 0.1) is 5.41 Å². The lowest BCUT2D eigenvalue weighted by molar-refractivity contribution is 0.0740. The van der Waals surface area contributed by atoms with Crippen molar-refractivity contribution in [1.29, 1.82) is 0 Å². The van der Waals surface area contributed by atoms with E-state index in [1.165, 1.54) is 4.90 Å². The molecule has 0 saturated heterocycles. The van der Waals surface area contributed by atoms with E-state index in [0.717, 1.165) is 0 Å². The summed E-state index contributed by atoms with van der Waals surface area (Å²) in [5.41, 5.74) is 6.59. The number of benzene rings is 1. The van der Waals surface area contributed by atoms with Gasteiger partial charge in [-0.05, 0) is 30.2 Å². The Bertz CT molecular complexity index is 524. The molecular weight excluding hydrogens is 266 g/mol. The second kappa shape index (κ2) is 6.72. The first kappa shape index (κ1) is 17.2. The zero-order chi connectivity index (χ0) is 16.2. The first-order valence-corrected chi connectivity index (χ1v) is 6.95. The van der Waals surface area contributed by atoms with Crippen LogP contribution in [-0.2, 0) is 0 Å². The Hall–Kier alpha value is -1.88. The van der Waals surface area contributed by atoms with Gasteiger partial charge < -0.3 is 15.5 Å². The molecule has 0 fully saturated rings. The van der Waals surface area contributed by atoms with E-state index in [9.17, 15) is 9.59 Å². The van der Waals surface area contributed by atoms with Gasteiger partial charge >= 0.3 is 0 Å². The highest BCUT2D eigenvalue weighted by Crippen LogP contribution is 2.16. The summed E-state index contributed by atoms with van der Waals surface area (Å²) in [6.45, 7) is 5.10. The van der Waals surface area contributed by atoms with Crippen LogP contribution in [0.25, 0.3) is 0 Å². The van der Waals surface area contributed by atoms with Crippen molar-refractivity contribution in [3.63, 3.8) is 0 Å². The summed E-state index contributed by atoms with van der Waals surface area (Å²) in [5.74, 6) is -0.223. The average molecular weight is 291 g/mol. The van der Waals surface area contributed by atoms with Gasteiger partial charge in [-0.15, -0.1) is 0 Å². The lowest BCUT2D eigenvalue weighted by Gasteiger charge is -2.29. The smallest absolute Gasteiger partial charge is 0.253 e. The molecule has 0 radical (unpaired) electrons. The summed E-state index contributed by atoms with van der Waals surface area (Å²) in [5, 5.41) is 0. The standard InChI is InChI=1S/C16H25N3O2/c1-16(2,10-17)11-19(5)15(21)13-8-6-7-12(9-13)14(20)18(3)4/h6-9H,10-11,17H2,1-5H3. The Morgan fingerprint density at radius 2 is 1.62 bits per heavy atom. The lowest BCUT2D eigenvalue weighted by atomic mass is 9.93. The van der Waals surface area contributed by atoms with Gasteiger partial charge in [-0.3, -0.25) is 9.59 Å². The van der Waals surface area contributed by atoms with Gasteiger partial charge in [0.2, 0.25) is 0 Å². The Balaban J connectivity index is 2.93. The van der Waals surface area contributed by atoms with E-state index < -0.39 is 0 Å². The second-order valence-electron chi connectivity index (χ2n) is 6.31. The van der Waals surface area contributed by atoms with E-state index in [2.05, 4.69) is 0 Å². The number of carbonyl (C=O) groups is 2. The summed E-state index contributed by atoms with van der Waals surface area (Å²) in [7, 11) is 5.12. The third kappa shape index (κ3) is 4.56. The van der Waals surface area contributed by atoms with Crippen molar-refractivity contribution in [2.24, 2.45) is 11.1 Å². The van der Waals surface area contributed by atoms with Gasteiger partial charge in [0.15, 0.2) is 0 Å². The number of hydrogen-bond acceptors (Lipinski definition) is 3. The minimum atomic E-state index is -0.137. The normalized spacial score (nSPS) is 11.1. The highest BCUT2D eigenvalue weighted by molar-refractivity contribution is 5.99. The maximum absolute atomic E-state index is 12.4. The molecule has 0 unspecified atom stereocenters. The highest BCUT2D eigenvalue weighted by atomic mass is 16.2. The van der Waals surface area contributed by atoms with Crippen LogP contribution in [0.1, 0.15) is 34.6 Å². The third-order valence-corrected chi connectivity index (χ3v) is 3.33. The molecule has 0 bridgehead atoms. The second-order valence-corrected chi connectivity index (χ2v) is 6.31. The van der Waals surface area contributed by atoms with E-state index in [-0.39, 0.29) is 17.2 Å². The van der Waals surface area contributed by atoms with Crippen LogP contribution in [0.4, 0.5) is 0 Å².